The molecule has 2 heterocycles. The van der Waals surface area contributed by atoms with Gasteiger partial charge in [0.25, 0.3) is 5.91 Å². The highest BCUT2D eigenvalue weighted by Gasteiger charge is 2.48. The molecule has 3 aliphatic rings. The highest BCUT2D eigenvalue weighted by molar-refractivity contribution is 7.92. The molecular formula is C26H35N3O5S. The second kappa shape index (κ2) is 10.2. The number of aliphatic imine (C=N–C) groups is 1. The SMILES string of the molecule is COC(=O)Cc1ccc(/C=C/S(=O)(=O)N2CCC3(CC2)N=C(C2CCC(C)CC2)NC3=O)c(C)c1. The van der Waals surface area contributed by atoms with Crippen molar-refractivity contribution in [2.75, 3.05) is 20.2 Å². The molecule has 1 aromatic carbocycles. The summed E-state index contributed by atoms with van der Waals surface area (Å²) in [6.45, 7) is 4.66. The fourth-order valence-corrected chi connectivity index (χ4v) is 6.42. The quantitative estimate of drug-likeness (QED) is 0.603. The van der Waals surface area contributed by atoms with Gasteiger partial charge < -0.3 is 10.1 Å². The zero-order valence-corrected chi connectivity index (χ0v) is 21.6. The van der Waals surface area contributed by atoms with Crippen LogP contribution in [0.3, 0.4) is 0 Å². The van der Waals surface area contributed by atoms with E-state index in [9.17, 15) is 18.0 Å². The Morgan fingerprint density at radius 3 is 2.54 bits per heavy atom. The summed E-state index contributed by atoms with van der Waals surface area (Å²) in [7, 11) is -2.29. The van der Waals surface area contributed by atoms with Gasteiger partial charge in [-0.1, -0.05) is 38.0 Å². The minimum Gasteiger partial charge on any atom is -0.469 e. The molecule has 0 aromatic heterocycles. The molecule has 2 fully saturated rings. The van der Waals surface area contributed by atoms with Gasteiger partial charge in [0.2, 0.25) is 10.0 Å². The maximum atomic E-state index is 13.0. The summed E-state index contributed by atoms with van der Waals surface area (Å²) >= 11 is 0. The normalized spacial score (nSPS) is 25.0. The smallest absolute Gasteiger partial charge is 0.309 e. The second-order valence-electron chi connectivity index (χ2n) is 10.1. The van der Waals surface area contributed by atoms with Gasteiger partial charge in [0, 0.05) is 24.4 Å². The van der Waals surface area contributed by atoms with E-state index in [1.807, 2.05) is 13.0 Å². The fraction of sp³-hybridized carbons (Fsp3) is 0.577. The van der Waals surface area contributed by atoms with Gasteiger partial charge in [-0.15, -0.1) is 0 Å². The zero-order valence-electron chi connectivity index (χ0n) is 20.7. The minimum absolute atomic E-state index is 0.0821. The van der Waals surface area contributed by atoms with Gasteiger partial charge in [-0.2, -0.15) is 4.31 Å². The van der Waals surface area contributed by atoms with Crippen molar-refractivity contribution < 1.29 is 22.7 Å². The number of hydrogen-bond acceptors (Lipinski definition) is 6. The molecule has 190 valence electrons. The van der Waals surface area contributed by atoms with E-state index in [1.165, 1.54) is 16.8 Å². The Balaban J connectivity index is 1.39. The number of nitrogens with zero attached hydrogens (tertiary/aromatic N) is 2. The number of carbonyl (C=O) groups excluding carboxylic acids is 2. The van der Waals surface area contributed by atoms with Gasteiger partial charge in [0.1, 0.15) is 11.4 Å². The number of carbonyl (C=O) groups is 2. The van der Waals surface area contributed by atoms with Crippen molar-refractivity contribution in [1.82, 2.24) is 9.62 Å². The number of ether oxygens (including phenoxy) is 1. The number of aryl methyl sites for hydroxylation is 1. The molecule has 0 unspecified atom stereocenters. The van der Waals surface area contributed by atoms with E-state index < -0.39 is 15.6 Å². The lowest BCUT2D eigenvalue weighted by molar-refractivity contribution is -0.139. The van der Waals surface area contributed by atoms with Gasteiger partial charge in [0.15, 0.2) is 0 Å². The third-order valence-corrected chi connectivity index (χ3v) is 9.21. The Morgan fingerprint density at radius 2 is 1.91 bits per heavy atom. The fourth-order valence-electron chi connectivity index (χ4n) is 5.24. The average molecular weight is 502 g/mol. The summed E-state index contributed by atoms with van der Waals surface area (Å²) in [6.07, 6.45) is 6.93. The first-order valence-corrected chi connectivity index (χ1v) is 13.9. The standard InChI is InChI=1S/C26H35N3O5S/c1-18-4-7-22(8-5-18)24-27-25(31)26(28-24)11-13-29(14-12-26)35(32,33)15-10-21-9-6-20(16-19(21)2)17-23(30)34-3/h6,9-10,15-16,18,22H,4-5,7-8,11-14,17H2,1-3H3,(H,27,28,31)/b15-10+. The summed E-state index contributed by atoms with van der Waals surface area (Å²) in [5.41, 5.74) is 1.62. The molecular weight excluding hydrogens is 466 g/mol. The summed E-state index contributed by atoms with van der Waals surface area (Å²) in [6, 6.07) is 5.45. The topological polar surface area (TPSA) is 105 Å². The molecule has 0 bridgehead atoms. The summed E-state index contributed by atoms with van der Waals surface area (Å²) in [5.74, 6) is 1.44. The summed E-state index contributed by atoms with van der Waals surface area (Å²) in [5, 5.41) is 4.25. The van der Waals surface area contributed by atoms with Crippen LogP contribution in [0.4, 0.5) is 0 Å². The number of hydrogen-bond donors (Lipinski definition) is 1. The molecule has 2 aliphatic heterocycles. The van der Waals surface area contributed by atoms with Crippen molar-refractivity contribution in [3.63, 3.8) is 0 Å². The highest BCUT2D eigenvalue weighted by Crippen LogP contribution is 2.36. The van der Waals surface area contributed by atoms with Crippen LogP contribution in [0.25, 0.3) is 6.08 Å². The van der Waals surface area contributed by atoms with Crippen LogP contribution >= 0.6 is 0 Å². The van der Waals surface area contributed by atoms with Crippen molar-refractivity contribution >= 4 is 33.8 Å². The monoisotopic (exact) mass is 501 g/mol. The van der Waals surface area contributed by atoms with Gasteiger partial charge in [-0.3, -0.25) is 14.6 Å². The number of benzene rings is 1. The highest BCUT2D eigenvalue weighted by atomic mass is 32.2. The van der Waals surface area contributed by atoms with E-state index in [0.717, 1.165) is 54.1 Å². The van der Waals surface area contributed by atoms with Crippen LogP contribution in [-0.4, -0.2) is 56.2 Å². The van der Waals surface area contributed by atoms with Crippen molar-refractivity contribution in [1.29, 1.82) is 0 Å². The van der Waals surface area contributed by atoms with Crippen LogP contribution in [0.15, 0.2) is 28.6 Å². The molecule has 1 saturated heterocycles. The summed E-state index contributed by atoms with van der Waals surface area (Å²) in [4.78, 5) is 29.2. The Hall–Kier alpha value is -2.52. The van der Waals surface area contributed by atoms with Crippen LogP contribution in [-0.2, 0) is 30.8 Å². The molecule has 0 atom stereocenters. The van der Waals surface area contributed by atoms with Gasteiger partial charge >= 0.3 is 5.97 Å². The predicted molar refractivity (Wildman–Crippen MR) is 135 cm³/mol. The first kappa shape index (κ1) is 25.6. The van der Waals surface area contributed by atoms with Gasteiger partial charge in [0.05, 0.1) is 13.5 Å². The van der Waals surface area contributed by atoms with Crippen LogP contribution in [0, 0.1) is 18.8 Å². The number of sulfonamides is 1. The van der Waals surface area contributed by atoms with E-state index >= 15 is 0 Å². The zero-order chi connectivity index (χ0) is 25.2. The lowest BCUT2D eigenvalue weighted by Gasteiger charge is -2.34. The Labute approximate surface area is 207 Å². The average Bonchev–Trinajstić information content (AvgIpc) is 3.14. The number of amidine groups is 1. The molecule has 4 rings (SSSR count). The summed E-state index contributed by atoms with van der Waals surface area (Å²) < 4.78 is 32.1. The molecule has 1 saturated carbocycles. The predicted octanol–water partition coefficient (Wildman–Crippen LogP) is 3.20. The number of methoxy groups -OCH3 is 1. The molecule has 1 aromatic rings. The first-order chi connectivity index (χ1) is 16.6. The minimum atomic E-state index is -3.64. The third-order valence-electron chi connectivity index (χ3n) is 7.64. The lowest BCUT2D eigenvalue weighted by Crippen LogP contribution is -2.50. The Morgan fingerprint density at radius 1 is 1.23 bits per heavy atom. The van der Waals surface area contributed by atoms with E-state index in [4.69, 9.17) is 9.73 Å². The number of nitrogens with one attached hydrogen (secondary N) is 1. The van der Waals surface area contributed by atoms with E-state index in [0.29, 0.717) is 18.8 Å². The Kier molecular flexibility index (Phi) is 7.47. The number of rotatable bonds is 6. The lowest BCUT2D eigenvalue weighted by atomic mass is 9.82. The van der Waals surface area contributed by atoms with Crippen LogP contribution in [0.5, 0.6) is 0 Å². The number of esters is 1. The van der Waals surface area contributed by atoms with Crippen molar-refractivity contribution in [2.45, 2.75) is 64.3 Å². The number of amides is 1. The largest absolute Gasteiger partial charge is 0.469 e. The first-order valence-electron chi connectivity index (χ1n) is 12.4. The molecule has 8 nitrogen and oxygen atoms in total. The molecule has 1 N–H and O–H groups in total. The van der Waals surface area contributed by atoms with Crippen LogP contribution in [0.1, 0.15) is 62.1 Å². The van der Waals surface area contributed by atoms with Crippen molar-refractivity contribution in [3.8, 4) is 0 Å². The van der Waals surface area contributed by atoms with Gasteiger partial charge in [-0.05, 0) is 61.3 Å². The van der Waals surface area contributed by atoms with Gasteiger partial charge in [-0.25, -0.2) is 8.42 Å². The Bertz CT molecular complexity index is 1140. The third kappa shape index (κ3) is 5.67. The van der Waals surface area contributed by atoms with Crippen molar-refractivity contribution in [2.24, 2.45) is 16.8 Å². The molecule has 1 aliphatic carbocycles. The molecule has 0 radical (unpaired) electrons. The molecule has 1 amide bonds. The van der Waals surface area contributed by atoms with E-state index in [2.05, 4.69) is 12.2 Å². The second-order valence-corrected chi connectivity index (χ2v) is 11.9. The molecule has 35 heavy (non-hydrogen) atoms. The molecule has 9 heteroatoms. The van der Waals surface area contributed by atoms with Crippen LogP contribution in [0.2, 0.25) is 0 Å². The number of piperidine rings is 1. The maximum absolute atomic E-state index is 13.0. The van der Waals surface area contributed by atoms with E-state index in [-0.39, 0.29) is 31.4 Å². The molecule has 1 spiro atoms. The van der Waals surface area contributed by atoms with E-state index in [1.54, 1.807) is 18.2 Å². The van der Waals surface area contributed by atoms with Crippen LogP contribution < -0.4 is 5.32 Å². The van der Waals surface area contributed by atoms with Crippen molar-refractivity contribution in [3.05, 3.63) is 40.3 Å². The maximum Gasteiger partial charge on any atom is 0.309 e.